The molecule has 4 aliphatic rings. The van der Waals surface area contributed by atoms with Crippen molar-refractivity contribution in [1.82, 2.24) is 14.9 Å². The highest BCUT2D eigenvalue weighted by Gasteiger charge is 2.72. The minimum absolute atomic E-state index is 0.188. The predicted octanol–water partition coefficient (Wildman–Crippen LogP) is 6.44. The maximum atomic E-state index is 13.4. The number of hydrogen-bond donors (Lipinski definition) is 2. The lowest BCUT2D eigenvalue weighted by Gasteiger charge is -2.36. The van der Waals surface area contributed by atoms with Gasteiger partial charge in [0.05, 0.1) is 22.5 Å². The summed E-state index contributed by atoms with van der Waals surface area (Å²) in [5.41, 5.74) is 3.64. The molecule has 1 amide bonds. The van der Waals surface area contributed by atoms with Crippen LogP contribution in [0.25, 0.3) is 0 Å². The number of likely N-dealkylation sites (tertiary alicyclic amines) is 1. The van der Waals surface area contributed by atoms with Crippen LogP contribution < -0.4 is 10.0 Å². The largest absolute Gasteiger partial charge is 0.416 e. The highest BCUT2D eigenvalue weighted by Crippen LogP contribution is 2.67. The summed E-state index contributed by atoms with van der Waals surface area (Å²) in [6.45, 7) is 0.982. The highest BCUT2D eigenvalue weighted by molar-refractivity contribution is 7.89. The number of halogens is 3. The van der Waals surface area contributed by atoms with Gasteiger partial charge in [0.2, 0.25) is 15.9 Å². The molecule has 10 heteroatoms. The fraction of sp³-hybridized carbons (Fsp3) is 0.441. The summed E-state index contributed by atoms with van der Waals surface area (Å²) < 4.78 is 68.8. The van der Waals surface area contributed by atoms with E-state index in [1.54, 1.807) is 30.3 Å². The van der Waals surface area contributed by atoms with E-state index >= 15 is 0 Å². The second-order valence-electron chi connectivity index (χ2n) is 12.8. The summed E-state index contributed by atoms with van der Waals surface area (Å²) in [6.07, 6.45) is 3.19. The van der Waals surface area contributed by atoms with Gasteiger partial charge in [0.25, 0.3) is 0 Å². The number of nitrogens with one attached hydrogen (secondary N) is 2. The van der Waals surface area contributed by atoms with Crippen molar-refractivity contribution in [3.8, 4) is 0 Å². The van der Waals surface area contributed by atoms with Crippen molar-refractivity contribution < 1.29 is 26.4 Å². The molecular weight excluding hydrogens is 587 g/mol. The number of carbonyl (C=O) groups is 1. The minimum Gasteiger partial charge on any atom is -0.349 e. The predicted molar refractivity (Wildman–Crippen MR) is 160 cm³/mol. The van der Waals surface area contributed by atoms with Crippen molar-refractivity contribution in [2.45, 2.75) is 92.6 Å². The minimum atomic E-state index is -4.69. The van der Waals surface area contributed by atoms with Crippen LogP contribution in [-0.2, 0) is 34.0 Å². The van der Waals surface area contributed by atoms with Gasteiger partial charge in [-0.1, -0.05) is 54.6 Å². The van der Waals surface area contributed by atoms with Crippen LogP contribution in [0.4, 0.5) is 13.2 Å². The van der Waals surface area contributed by atoms with Crippen LogP contribution in [0.15, 0.2) is 77.7 Å². The molecule has 1 spiro atoms. The number of alkyl halides is 3. The van der Waals surface area contributed by atoms with Crippen molar-refractivity contribution in [1.29, 1.82) is 0 Å². The van der Waals surface area contributed by atoms with E-state index in [0.29, 0.717) is 17.2 Å². The normalized spacial score (nSPS) is 27.8. The summed E-state index contributed by atoms with van der Waals surface area (Å²) in [6, 6.07) is 18.4. The Balaban J connectivity index is 1.05. The SMILES string of the molecule is O=C(C[C@@H](NS(=O)(=O)c1cccc(C(F)(F)F)c1)c1ccccc1)N[C@@H]1CCCc2cc(CN3C4CCC5CCC543)ccc21. The van der Waals surface area contributed by atoms with Crippen LogP contribution in [0.1, 0.15) is 84.8 Å². The second kappa shape index (κ2) is 11.0. The zero-order chi connectivity index (χ0) is 30.7. The van der Waals surface area contributed by atoms with E-state index in [4.69, 9.17) is 0 Å². The Morgan fingerprint density at radius 1 is 0.977 bits per heavy atom. The molecule has 6 nitrogen and oxygen atoms in total. The number of fused-ring (bicyclic) bond motifs is 1. The van der Waals surface area contributed by atoms with E-state index in [1.165, 1.54) is 36.8 Å². The summed E-state index contributed by atoms with van der Waals surface area (Å²) in [4.78, 5) is 15.6. The number of rotatable bonds is 9. The van der Waals surface area contributed by atoms with Crippen LogP contribution in [0.2, 0.25) is 0 Å². The third kappa shape index (κ3) is 5.35. The van der Waals surface area contributed by atoms with Gasteiger partial charge in [-0.05, 0) is 91.3 Å². The Kier molecular flexibility index (Phi) is 7.37. The zero-order valence-corrected chi connectivity index (χ0v) is 25.1. The standard InChI is InChI=1S/C34H36F3N3O3S/c35-34(36,37)26-9-5-10-27(19-26)44(42,43)39-30(23-6-2-1-3-7-23)20-32(41)38-29-11-4-8-24-18-22(12-14-28(24)29)21-40-31-15-13-25-16-17-33(25,31)40/h1-3,5-7,9-10,12,14,18-19,25,29-31,39H,4,8,11,13,15-17,20-21H2,(H,38,41)/t25?,29-,30-,31?,33?,40?/m1/s1. The molecule has 44 heavy (non-hydrogen) atoms. The van der Waals surface area contributed by atoms with Crippen molar-refractivity contribution >= 4 is 15.9 Å². The van der Waals surface area contributed by atoms with Gasteiger partial charge in [-0.25, -0.2) is 13.1 Å². The molecule has 1 heterocycles. The number of sulfonamides is 1. The number of hydrogen-bond acceptors (Lipinski definition) is 4. The smallest absolute Gasteiger partial charge is 0.349 e. The molecule has 232 valence electrons. The average Bonchev–Trinajstić information content (AvgIpc) is 3.56. The number of benzene rings is 3. The molecule has 0 radical (unpaired) electrons. The number of amides is 1. The zero-order valence-electron chi connectivity index (χ0n) is 24.3. The number of nitrogens with zero attached hydrogens (tertiary/aromatic N) is 1. The first kappa shape index (κ1) is 29.5. The first-order valence-electron chi connectivity index (χ1n) is 15.5. The Hall–Kier alpha value is -3.21. The fourth-order valence-electron chi connectivity index (χ4n) is 8.11. The molecule has 4 unspecified atom stereocenters. The summed E-state index contributed by atoms with van der Waals surface area (Å²) in [5, 5.41) is 3.12. The summed E-state index contributed by atoms with van der Waals surface area (Å²) in [5.74, 6) is 0.554. The first-order valence-corrected chi connectivity index (χ1v) is 17.0. The molecule has 0 bridgehead atoms. The molecule has 1 saturated heterocycles. The highest BCUT2D eigenvalue weighted by atomic mass is 32.2. The van der Waals surface area contributed by atoms with Gasteiger partial charge in [0.15, 0.2) is 0 Å². The first-order chi connectivity index (χ1) is 21.0. The van der Waals surface area contributed by atoms with Crippen LogP contribution in [0.3, 0.4) is 0 Å². The van der Waals surface area contributed by atoms with E-state index in [0.717, 1.165) is 61.5 Å². The van der Waals surface area contributed by atoms with Crippen molar-refractivity contribution in [2.75, 3.05) is 0 Å². The van der Waals surface area contributed by atoms with Gasteiger partial charge < -0.3 is 5.32 Å². The Labute approximate surface area is 256 Å². The van der Waals surface area contributed by atoms with Gasteiger partial charge in [0, 0.05) is 24.5 Å². The topological polar surface area (TPSA) is 78.3 Å². The monoisotopic (exact) mass is 623 g/mol. The van der Waals surface area contributed by atoms with Gasteiger partial charge >= 0.3 is 6.18 Å². The lowest BCUT2D eigenvalue weighted by molar-refractivity contribution is -0.137. The third-order valence-electron chi connectivity index (χ3n) is 10.4. The molecular formula is C34H36F3N3O3S. The molecule has 0 aromatic heterocycles. The molecule has 7 rings (SSSR count). The fourth-order valence-corrected chi connectivity index (χ4v) is 9.38. The van der Waals surface area contributed by atoms with E-state index in [9.17, 15) is 26.4 Å². The average molecular weight is 624 g/mol. The van der Waals surface area contributed by atoms with Crippen LogP contribution >= 0.6 is 0 Å². The van der Waals surface area contributed by atoms with Crippen molar-refractivity contribution in [3.63, 3.8) is 0 Å². The lowest BCUT2D eigenvalue weighted by atomic mass is 9.74. The quantitative estimate of drug-likeness (QED) is 0.269. The van der Waals surface area contributed by atoms with Gasteiger partial charge in [-0.15, -0.1) is 0 Å². The second-order valence-corrected chi connectivity index (χ2v) is 14.5. The number of piperidine rings is 1. The maximum absolute atomic E-state index is 13.4. The van der Waals surface area contributed by atoms with Crippen LogP contribution in [0, 0.1) is 5.92 Å². The molecule has 3 aromatic carbocycles. The number of aryl methyl sites for hydroxylation is 1. The van der Waals surface area contributed by atoms with Crippen LogP contribution in [-0.4, -0.2) is 30.8 Å². The summed E-state index contributed by atoms with van der Waals surface area (Å²) in [7, 11) is -4.37. The Morgan fingerprint density at radius 3 is 2.52 bits per heavy atom. The molecule has 3 aliphatic carbocycles. The van der Waals surface area contributed by atoms with Gasteiger partial charge in [-0.3, -0.25) is 9.69 Å². The van der Waals surface area contributed by atoms with E-state index < -0.39 is 32.7 Å². The molecule has 3 aromatic rings. The van der Waals surface area contributed by atoms with Crippen molar-refractivity contribution in [2.24, 2.45) is 5.92 Å². The molecule has 2 saturated carbocycles. The van der Waals surface area contributed by atoms with Crippen molar-refractivity contribution in [3.05, 3.63) is 101 Å². The molecule has 6 atom stereocenters. The van der Waals surface area contributed by atoms with E-state index in [-0.39, 0.29) is 18.4 Å². The molecule has 2 N–H and O–H groups in total. The summed E-state index contributed by atoms with van der Waals surface area (Å²) >= 11 is 0. The van der Waals surface area contributed by atoms with Gasteiger partial charge in [-0.2, -0.15) is 13.2 Å². The van der Waals surface area contributed by atoms with E-state index in [1.807, 2.05) is 0 Å². The van der Waals surface area contributed by atoms with Crippen LogP contribution in [0.5, 0.6) is 0 Å². The van der Waals surface area contributed by atoms with Gasteiger partial charge in [0.1, 0.15) is 0 Å². The lowest BCUT2D eigenvalue weighted by Crippen LogP contribution is -2.37. The van der Waals surface area contributed by atoms with E-state index in [2.05, 4.69) is 33.1 Å². The Bertz CT molecular complexity index is 1680. The third-order valence-corrected chi connectivity index (χ3v) is 11.8. The Morgan fingerprint density at radius 2 is 1.80 bits per heavy atom. The maximum Gasteiger partial charge on any atom is 0.416 e. The molecule has 1 aliphatic heterocycles. The number of carbonyl (C=O) groups excluding carboxylic acids is 1. The molecule has 3 fully saturated rings.